The molecule has 0 radical (unpaired) electrons. The first-order chi connectivity index (χ1) is 11.0. The Kier molecular flexibility index (Phi) is 4.22. The number of benzene rings is 1. The average Bonchev–Trinajstić information content (AvgIpc) is 2.52. The summed E-state index contributed by atoms with van der Waals surface area (Å²) in [4.78, 5) is 25.6. The van der Waals surface area contributed by atoms with Gasteiger partial charge in [-0.05, 0) is 25.1 Å². The number of fused-ring (bicyclic) bond motifs is 1. The van der Waals surface area contributed by atoms with Crippen LogP contribution < -0.4 is 4.90 Å². The Labute approximate surface area is 140 Å². The summed E-state index contributed by atoms with van der Waals surface area (Å²) in [7, 11) is 3.92. The van der Waals surface area contributed by atoms with E-state index in [0.717, 1.165) is 29.3 Å². The molecule has 1 aliphatic rings. The molecule has 0 spiro atoms. The van der Waals surface area contributed by atoms with E-state index in [1.807, 2.05) is 30.8 Å². The van der Waals surface area contributed by atoms with Gasteiger partial charge in [-0.25, -0.2) is 9.97 Å². The second-order valence-corrected chi connectivity index (χ2v) is 6.34. The van der Waals surface area contributed by atoms with Crippen LogP contribution in [0.5, 0.6) is 0 Å². The molecule has 120 valence electrons. The maximum absolute atomic E-state index is 12.7. The van der Waals surface area contributed by atoms with Gasteiger partial charge in [-0.15, -0.1) is 0 Å². The molecule has 6 heteroatoms. The lowest BCUT2D eigenvalue weighted by atomic mass is 10.0. The number of aryl methyl sites for hydroxylation is 1. The minimum absolute atomic E-state index is 0.0107. The molecule has 0 bridgehead atoms. The minimum Gasteiger partial charge on any atom is -0.362 e. The lowest BCUT2D eigenvalue weighted by molar-refractivity contribution is 0.0733. The van der Waals surface area contributed by atoms with Gasteiger partial charge in [-0.1, -0.05) is 17.7 Å². The monoisotopic (exact) mass is 330 g/mol. The number of aromatic nitrogens is 2. The molecule has 5 nitrogen and oxygen atoms in total. The summed E-state index contributed by atoms with van der Waals surface area (Å²) in [6, 6.07) is 7.07. The number of rotatable bonds is 2. The Hall–Kier alpha value is -2.14. The van der Waals surface area contributed by atoms with Gasteiger partial charge in [0.1, 0.15) is 11.6 Å². The summed E-state index contributed by atoms with van der Waals surface area (Å²) in [5, 5.41) is 0.571. The van der Waals surface area contributed by atoms with Crippen LogP contribution in [0, 0.1) is 6.92 Å². The zero-order chi connectivity index (χ0) is 16.6. The van der Waals surface area contributed by atoms with Gasteiger partial charge in [0.2, 0.25) is 0 Å². The lowest BCUT2D eigenvalue weighted by Gasteiger charge is -2.31. The van der Waals surface area contributed by atoms with Crippen LogP contribution in [-0.4, -0.2) is 41.4 Å². The summed E-state index contributed by atoms with van der Waals surface area (Å²) < 4.78 is 0. The maximum atomic E-state index is 12.7. The molecule has 0 aliphatic carbocycles. The van der Waals surface area contributed by atoms with Crippen molar-refractivity contribution in [1.82, 2.24) is 14.9 Å². The van der Waals surface area contributed by atoms with Crippen LogP contribution in [0.2, 0.25) is 5.02 Å². The summed E-state index contributed by atoms with van der Waals surface area (Å²) in [5.41, 5.74) is 2.68. The van der Waals surface area contributed by atoms with Gasteiger partial charge < -0.3 is 9.80 Å². The number of hydrogen-bond acceptors (Lipinski definition) is 4. The highest BCUT2D eigenvalue weighted by molar-refractivity contribution is 6.30. The van der Waals surface area contributed by atoms with Crippen molar-refractivity contribution >= 4 is 23.3 Å². The number of anilines is 1. The number of halogens is 1. The number of nitrogens with zero attached hydrogens (tertiary/aromatic N) is 4. The topological polar surface area (TPSA) is 49.3 Å². The van der Waals surface area contributed by atoms with Gasteiger partial charge in [0, 0.05) is 43.2 Å². The van der Waals surface area contributed by atoms with Crippen LogP contribution in [0.25, 0.3) is 0 Å². The second-order valence-electron chi connectivity index (χ2n) is 5.90. The first-order valence-electron chi connectivity index (χ1n) is 7.54. The van der Waals surface area contributed by atoms with Crippen LogP contribution in [0.15, 0.2) is 24.3 Å². The van der Waals surface area contributed by atoms with Gasteiger partial charge in [0.15, 0.2) is 0 Å². The average molecular weight is 331 g/mol. The molecule has 23 heavy (non-hydrogen) atoms. The number of carbonyl (C=O) groups is 1. The molecule has 1 amide bonds. The van der Waals surface area contributed by atoms with Crippen molar-refractivity contribution in [1.29, 1.82) is 0 Å². The first kappa shape index (κ1) is 15.7. The van der Waals surface area contributed by atoms with Crippen molar-refractivity contribution in [3.8, 4) is 0 Å². The molecular formula is C17H19ClN4O. The van der Waals surface area contributed by atoms with E-state index < -0.39 is 0 Å². The zero-order valence-corrected chi connectivity index (χ0v) is 14.3. The van der Waals surface area contributed by atoms with Crippen molar-refractivity contribution in [2.45, 2.75) is 19.9 Å². The molecule has 2 heterocycles. The molecule has 1 aromatic heterocycles. The SMILES string of the molecule is Cc1nc2c(c(N(C)C)n1)CN(C(=O)c1cccc(Cl)c1)CC2. The predicted octanol–water partition coefficient (Wildman–Crippen LogP) is 2.70. The number of hydrogen-bond donors (Lipinski definition) is 0. The van der Waals surface area contributed by atoms with Crippen LogP contribution in [0.1, 0.15) is 27.4 Å². The smallest absolute Gasteiger partial charge is 0.254 e. The third-order valence-electron chi connectivity index (χ3n) is 3.93. The molecule has 2 aromatic rings. The molecule has 0 atom stereocenters. The van der Waals surface area contributed by atoms with Crippen molar-refractivity contribution < 1.29 is 4.79 Å². The number of amides is 1. The van der Waals surface area contributed by atoms with E-state index in [0.29, 0.717) is 23.7 Å². The normalized spacial score (nSPS) is 13.7. The van der Waals surface area contributed by atoms with E-state index in [1.54, 1.807) is 24.3 Å². The fourth-order valence-electron chi connectivity index (χ4n) is 2.86. The second kappa shape index (κ2) is 6.16. The quantitative estimate of drug-likeness (QED) is 0.849. The lowest BCUT2D eigenvalue weighted by Crippen LogP contribution is -2.37. The molecule has 0 unspecified atom stereocenters. The molecule has 0 fully saturated rings. The van der Waals surface area contributed by atoms with Crippen molar-refractivity contribution in [3.05, 3.63) is 51.9 Å². The Bertz CT molecular complexity index is 760. The van der Waals surface area contributed by atoms with Crippen molar-refractivity contribution in [2.75, 3.05) is 25.5 Å². The minimum atomic E-state index is -0.0107. The summed E-state index contributed by atoms with van der Waals surface area (Å²) >= 11 is 6.00. The third kappa shape index (κ3) is 3.15. The fraction of sp³-hybridized carbons (Fsp3) is 0.353. The highest BCUT2D eigenvalue weighted by Crippen LogP contribution is 2.26. The first-order valence-corrected chi connectivity index (χ1v) is 7.92. The molecule has 1 aromatic carbocycles. The third-order valence-corrected chi connectivity index (χ3v) is 4.17. The van der Waals surface area contributed by atoms with E-state index in [9.17, 15) is 4.79 Å². The van der Waals surface area contributed by atoms with Gasteiger partial charge in [0.05, 0.1) is 12.2 Å². The predicted molar refractivity (Wildman–Crippen MR) is 91.0 cm³/mol. The Morgan fingerprint density at radius 2 is 2.09 bits per heavy atom. The van der Waals surface area contributed by atoms with Gasteiger partial charge in [-0.2, -0.15) is 0 Å². The van der Waals surface area contributed by atoms with Gasteiger partial charge >= 0.3 is 0 Å². The standard InChI is InChI=1S/C17H19ClN4O/c1-11-19-15-7-8-22(10-14(15)16(20-11)21(2)3)17(23)12-5-4-6-13(18)9-12/h4-6,9H,7-8,10H2,1-3H3. The van der Waals surface area contributed by atoms with E-state index in [4.69, 9.17) is 11.6 Å². The van der Waals surface area contributed by atoms with Crippen LogP contribution in [-0.2, 0) is 13.0 Å². The van der Waals surface area contributed by atoms with E-state index in [1.165, 1.54) is 0 Å². The van der Waals surface area contributed by atoms with Crippen molar-refractivity contribution in [3.63, 3.8) is 0 Å². The highest BCUT2D eigenvalue weighted by Gasteiger charge is 2.26. The summed E-state index contributed by atoms with van der Waals surface area (Å²) in [5.74, 6) is 1.64. The van der Waals surface area contributed by atoms with Gasteiger partial charge in [-0.3, -0.25) is 4.79 Å². The maximum Gasteiger partial charge on any atom is 0.254 e. The van der Waals surface area contributed by atoms with Crippen LogP contribution in [0.3, 0.4) is 0 Å². The van der Waals surface area contributed by atoms with E-state index >= 15 is 0 Å². The van der Waals surface area contributed by atoms with Crippen LogP contribution in [0.4, 0.5) is 5.82 Å². The van der Waals surface area contributed by atoms with E-state index in [2.05, 4.69) is 9.97 Å². The molecular weight excluding hydrogens is 312 g/mol. The molecule has 0 saturated carbocycles. The molecule has 3 rings (SSSR count). The largest absolute Gasteiger partial charge is 0.362 e. The van der Waals surface area contributed by atoms with Crippen LogP contribution >= 0.6 is 11.6 Å². The summed E-state index contributed by atoms with van der Waals surface area (Å²) in [6.07, 6.45) is 0.742. The van der Waals surface area contributed by atoms with Gasteiger partial charge in [0.25, 0.3) is 5.91 Å². The Morgan fingerprint density at radius 3 is 2.78 bits per heavy atom. The molecule has 0 saturated heterocycles. The zero-order valence-electron chi connectivity index (χ0n) is 13.5. The Morgan fingerprint density at radius 1 is 1.30 bits per heavy atom. The highest BCUT2D eigenvalue weighted by atomic mass is 35.5. The number of carbonyl (C=O) groups excluding carboxylic acids is 1. The molecule has 1 aliphatic heterocycles. The van der Waals surface area contributed by atoms with E-state index in [-0.39, 0.29) is 5.91 Å². The molecule has 0 N–H and O–H groups in total. The fourth-order valence-corrected chi connectivity index (χ4v) is 3.05. The van der Waals surface area contributed by atoms with Crippen molar-refractivity contribution in [2.24, 2.45) is 0 Å². The Balaban J connectivity index is 1.92. The summed E-state index contributed by atoms with van der Waals surface area (Å²) in [6.45, 7) is 3.08.